The first kappa shape index (κ1) is 16.0. The summed E-state index contributed by atoms with van der Waals surface area (Å²) in [4.78, 5) is 13.7. The zero-order chi connectivity index (χ0) is 16.4. The fourth-order valence-electron chi connectivity index (χ4n) is 3.82. The summed E-state index contributed by atoms with van der Waals surface area (Å²) in [5.74, 6) is 0.423. The number of hydrogen-bond acceptors (Lipinski definition) is 6. The van der Waals surface area contributed by atoms with Crippen LogP contribution in [0.2, 0.25) is 0 Å². The lowest BCUT2D eigenvalue weighted by molar-refractivity contribution is -0.0817. The maximum Gasteiger partial charge on any atom is 0.316 e. The van der Waals surface area contributed by atoms with E-state index in [9.17, 15) is 0 Å². The van der Waals surface area contributed by atoms with Crippen molar-refractivity contribution in [3.63, 3.8) is 0 Å². The Labute approximate surface area is 146 Å². The Morgan fingerprint density at radius 1 is 1.29 bits per heavy atom. The van der Waals surface area contributed by atoms with Gasteiger partial charge in [-0.2, -0.15) is 0 Å². The van der Waals surface area contributed by atoms with Crippen molar-refractivity contribution in [1.82, 2.24) is 14.9 Å². The first-order valence-electron chi connectivity index (χ1n) is 8.60. The smallest absolute Gasteiger partial charge is 0.316 e. The van der Waals surface area contributed by atoms with E-state index in [0.29, 0.717) is 24.6 Å². The minimum Gasteiger partial charge on any atom is -0.463 e. The van der Waals surface area contributed by atoms with Crippen LogP contribution in [-0.2, 0) is 11.3 Å². The highest BCUT2D eigenvalue weighted by atomic mass is 32.1. The average Bonchev–Trinajstić information content (AvgIpc) is 3.21. The highest BCUT2D eigenvalue weighted by Gasteiger charge is 2.43. The molecule has 3 atom stereocenters. The molecule has 0 spiro atoms. The molecule has 0 unspecified atom stereocenters. The normalized spacial score (nSPS) is 27.1. The van der Waals surface area contributed by atoms with Crippen molar-refractivity contribution in [3.05, 3.63) is 40.3 Å². The molecular formula is C18H23N3O2S. The number of aromatic nitrogens is 2. The zero-order valence-corrected chi connectivity index (χ0v) is 14.7. The van der Waals surface area contributed by atoms with Crippen LogP contribution in [0.5, 0.6) is 6.01 Å². The minimum absolute atomic E-state index is 0.267. The third-order valence-electron chi connectivity index (χ3n) is 4.96. The topological polar surface area (TPSA) is 47.5 Å². The molecule has 5 nitrogen and oxygen atoms in total. The van der Waals surface area contributed by atoms with Crippen molar-refractivity contribution in [2.24, 2.45) is 5.92 Å². The summed E-state index contributed by atoms with van der Waals surface area (Å²) in [6, 6.07) is 7.23. The number of hydrogen-bond donors (Lipinski definition) is 0. The Hall–Kier alpha value is -1.50. The van der Waals surface area contributed by atoms with Gasteiger partial charge >= 0.3 is 6.01 Å². The third kappa shape index (κ3) is 3.45. The van der Waals surface area contributed by atoms with Gasteiger partial charge in [-0.3, -0.25) is 4.90 Å². The number of aryl methyl sites for hydroxylation is 1. The van der Waals surface area contributed by atoms with Gasteiger partial charge in [-0.1, -0.05) is 0 Å². The van der Waals surface area contributed by atoms with E-state index >= 15 is 0 Å². The molecule has 2 fully saturated rings. The van der Waals surface area contributed by atoms with Crippen molar-refractivity contribution < 1.29 is 9.47 Å². The Balaban J connectivity index is 1.37. The summed E-state index contributed by atoms with van der Waals surface area (Å²) in [6.07, 6.45) is 6.01. The number of fused-ring (bicyclic) bond motifs is 1. The molecule has 3 heterocycles. The van der Waals surface area contributed by atoms with Crippen molar-refractivity contribution >= 4 is 11.3 Å². The molecule has 0 aromatic carbocycles. The van der Waals surface area contributed by atoms with Gasteiger partial charge in [-0.15, -0.1) is 11.3 Å². The average molecular weight is 345 g/mol. The Kier molecular flexibility index (Phi) is 4.78. The molecule has 1 saturated carbocycles. The van der Waals surface area contributed by atoms with Crippen LogP contribution in [0, 0.1) is 12.8 Å². The Bertz CT molecular complexity index is 663. The van der Waals surface area contributed by atoms with E-state index in [0.717, 1.165) is 26.1 Å². The summed E-state index contributed by atoms with van der Waals surface area (Å²) < 4.78 is 11.9. The van der Waals surface area contributed by atoms with E-state index in [1.807, 2.05) is 11.3 Å². The van der Waals surface area contributed by atoms with Crippen LogP contribution >= 0.6 is 11.3 Å². The van der Waals surface area contributed by atoms with Crippen LogP contribution in [-0.4, -0.2) is 46.8 Å². The lowest BCUT2D eigenvalue weighted by atomic mass is 10.0. The van der Waals surface area contributed by atoms with Crippen molar-refractivity contribution in [2.75, 3.05) is 19.8 Å². The van der Waals surface area contributed by atoms with Crippen molar-refractivity contribution in [1.29, 1.82) is 0 Å². The van der Waals surface area contributed by atoms with Crippen LogP contribution in [0.3, 0.4) is 0 Å². The van der Waals surface area contributed by atoms with Crippen LogP contribution in [0.4, 0.5) is 0 Å². The van der Waals surface area contributed by atoms with E-state index in [-0.39, 0.29) is 6.10 Å². The lowest BCUT2D eigenvalue weighted by Crippen LogP contribution is -2.50. The molecule has 2 aromatic heterocycles. The molecule has 0 N–H and O–H groups in total. The standard InChI is InChI=1S/C18H23N3O2S/c1-13-3-5-15(24-13)11-21-9-10-22-17-14(4-6-16(17)21)12-23-18-19-7-2-8-20-18/h2-3,5,7-8,14,16-17H,4,6,9-12H2,1H3/t14-,16-,17+/m0/s1. The maximum atomic E-state index is 6.12. The summed E-state index contributed by atoms with van der Waals surface area (Å²) in [5.41, 5.74) is 0. The first-order chi connectivity index (χ1) is 11.8. The molecule has 2 aliphatic rings. The van der Waals surface area contributed by atoms with Gasteiger partial charge in [0.25, 0.3) is 0 Å². The van der Waals surface area contributed by atoms with E-state index < -0.39 is 0 Å². The number of rotatable bonds is 5. The van der Waals surface area contributed by atoms with Gasteiger partial charge in [0.1, 0.15) is 0 Å². The highest BCUT2D eigenvalue weighted by Crippen LogP contribution is 2.36. The molecule has 0 amide bonds. The van der Waals surface area contributed by atoms with Crippen LogP contribution in [0.1, 0.15) is 22.6 Å². The van der Waals surface area contributed by atoms with Crippen LogP contribution in [0.15, 0.2) is 30.6 Å². The van der Waals surface area contributed by atoms with E-state index in [4.69, 9.17) is 9.47 Å². The molecule has 24 heavy (non-hydrogen) atoms. The molecule has 4 rings (SSSR count). The lowest BCUT2D eigenvalue weighted by Gasteiger charge is -2.39. The van der Waals surface area contributed by atoms with Gasteiger partial charge in [-0.05, 0) is 38.0 Å². The monoisotopic (exact) mass is 345 g/mol. The predicted molar refractivity (Wildman–Crippen MR) is 93.2 cm³/mol. The second-order valence-corrected chi connectivity index (χ2v) is 7.94. The van der Waals surface area contributed by atoms with E-state index in [1.54, 1.807) is 18.5 Å². The van der Waals surface area contributed by atoms with Crippen molar-refractivity contribution in [3.8, 4) is 6.01 Å². The van der Waals surface area contributed by atoms with Gasteiger partial charge < -0.3 is 9.47 Å². The molecule has 0 radical (unpaired) electrons. The molecule has 1 aliphatic carbocycles. The largest absolute Gasteiger partial charge is 0.463 e. The number of morpholine rings is 1. The highest BCUT2D eigenvalue weighted by molar-refractivity contribution is 7.11. The number of ether oxygens (including phenoxy) is 2. The Morgan fingerprint density at radius 2 is 2.17 bits per heavy atom. The molecule has 1 aliphatic heterocycles. The number of nitrogens with zero attached hydrogens (tertiary/aromatic N) is 3. The van der Waals surface area contributed by atoms with Crippen LogP contribution < -0.4 is 4.74 Å². The fourth-order valence-corrected chi connectivity index (χ4v) is 4.74. The quantitative estimate of drug-likeness (QED) is 0.834. The molecule has 128 valence electrons. The maximum absolute atomic E-state index is 6.12. The fraction of sp³-hybridized carbons (Fsp3) is 0.556. The van der Waals surface area contributed by atoms with Crippen LogP contribution in [0.25, 0.3) is 0 Å². The Morgan fingerprint density at radius 3 is 2.96 bits per heavy atom. The summed E-state index contributed by atoms with van der Waals surface area (Å²) >= 11 is 1.90. The molecule has 0 bridgehead atoms. The summed E-state index contributed by atoms with van der Waals surface area (Å²) in [6.45, 7) is 5.68. The van der Waals surface area contributed by atoms with Gasteiger partial charge in [0.05, 0.1) is 19.3 Å². The molecular weight excluding hydrogens is 322 g/mol. The number of thiophene rings is 1. The predicted octanol–water partition coefficient (Wildman–Crippen LogP) is 2.90. The zero-order valence-electron chi connectivity index (χ0n) is 13.9. The van der Waals surface area contributed by atoms with Gasteiger partial charge in [0, 0.05) is 47.2 Å². The van der Waals surface area contributed by atoms with Gasteiger partial charge in [0.15, 0.2) is 0 Å². The first-order valence-corrected chi connectivity index (χ1v) is 9.42. The third-order valence-corrected chi connectivity index (χ3v) is 5.94. The summed E-state index contributed by atoms with van der Waals surface area (Å²) in [7, 11) is 0. The van der Waals surface area contributed by atoms with Gasteiger partial charge in [-0.25, -0.2) is 9.97 Å². The molecule has 2 aromatic rings. The molecule has 1 saturated heterocycles. The summed E-state index contributed by atoms with van der Waals surface area (Å²) in [5, 5.41) is 0. The SMILES string of the molecule is Cc1ccc(CN2CCO[C@@H]3[C@H](COc4ncccn4)CC[C@@H]32)s1. The van der Waals surface area contributed by atoms with Crippen molar-refractivity contribution in [2.45, 2.75) is 38.5 Å². The second kappa shape index (κ2) is 7.17. The van der Waals surface area contributed by atoms with Gasteiger partial charge in [0.2, 0.25) is 0 Å². The van der Waals surface area contributed by atoms with E-state index in [2.05, 4.69) is 33.9 Å². The molecule has 6 heteroatoms. The van der Waals surface area contributed by atoms with E-state index in [1.165, 1.54) is 16.2 Å². The second-order valence-electron chi connectivity index (χ2n) is 6.57. The minimum atomic E-state index is 0.267.